The molecule has 2 amide bonds. The summed E-state index contributed by atoms with van der Waals surface area (Å²) in [4.78, 5) is 55.6. The summed E-state index contributed by atoms with van der Waals surface area (Å²) in [5.74, 6) is -4.41. The van der Waals surface area contributed by atoms with Crippen molar-refractivity contribution in [3.63, 3.8) is 0 Å². The number of nitrogens with zero attached hydrogens (tertiary/aromatic N) is 2. The van der Waals surface area contributed by atoms with Gasteiger partial charge in [-0.05, 0) is 23.6 Å². The summed E-state index contributed by atoms with van der Waals surface area (Å²) in [5, 5.41) is 14.7. The summed E-state index contributed by atoms with van der Waals surface area (Å²) >= 11 is 1.18. The molecular formula is C17H10N2O6S. The molecule has 26 heavy (non-hydrogen) atoms. The van der Waals surface area contributed by atoms with E-state index in [0.29, 0.717) is 4.88 Å². The molecule has 4 rings (SSSR count). The van der Waals surface area contributed by atoms with Gasteiger partial charge >= 0.3 is 5.97 Å². The second-order valence-corrected chi connectivity index (χ2v) is 6.57. The zero-order chi connectivity index (χ0) is 18.4. The minimum absolute atomic E-state index is 0.0593. The Balaban J connectivity index is 1.72. The minimum Gasteiger partial charge on any atom is -0.478 e. The van der Waals surface area contributed by atoms with Gasteiger partial charge in [-0.3, -0.25) is 14.4 Å². The molecule has 2 atom stereocenters. The Morgan fingerprint density at radius 2 is 1.88 bits per heavy atom. The largest absolute Gasteiger partial charge is 0.478 e. The van der Waals surface area contributed by atoms with Gasteiger partial charge in [0.1, 0.15) is 11.6 Å². The number of carbonyl (C=O) groups is 4. The standard InChI is InChI=1S/C17H10N2O6S/c20-13(10-6-3-7-26-10)12-11-14(25-18-12)16(22)19(15(11)21)9-5-2-1-4-8(9)17(23)24/h1-7,11,14H,(H,23,24)/t11-,14-/m1/s1. The van der Waals surface area contributed by atoms with Gasteiger partial charge in [-0.15, -0.1) is 11.3 Å². The van der Waals surface area contributed by atoms with E-state index in [1.54, 1.807) is 17.5 Å². The summed E-state index contributed by atoms with van der Waals surface area (Å²) in [6, 6.07) is 8.92. The molecule has 2 aromatic rings. The monoisotopic (exact) mass is 370 g/mol. The molecule has 0 aliphatic carbocycles. The van der Waals surface area contributed by atoms with Gasteiger partial charge in [0.15, 0.2) is 0 Å². The maximum absolute atomic E-state index is 12.9. The first-order valence-electron chi connectivity index (χ1n) is 7.52. The number of hydrogen-bond donors (Lipinski definition) is 1. The molecule has 1 aromatic heterocycles. The topological polar surface area (TPSA) is 113 Å². The van der Waals surface area contributed by atoms with Crippen molar-refractivity contribution in [2.75, 3.05) is 4.90 Å². The molecule has 2 aliphatic rings. The maximum Gasteiger partial charge on any atom is 0.337 e. The lowest BCUT2D eigenvalue weighted by Gasteiger charge is -2.17. The van der Waals surface area contributed by atoms with Gasteiger partial charge in [0.05, 0.1) is 16.1 Å². The van der Waals surface area contributed by atoms with Crippen LogP contribution >= 0.6 is 11.3 Å². The van der Waals surface area contributed by atoms with Crippen LogP contribution in [0, 0.1) is 5.92 Å². The lowest BCUT2D eigenvalue weighted by atomic mass is 9.96. The number of oxime groups is 1. The normalized spacial score (nSPS) is 21.4. The predicted octanol–water partition coefficient (Wildman–Crippen LogP) is 1.57. The van der Waals surface area contributed by atoms with Gasteiger partial charge in [0.2, 0.25) is 17.8 Å². The number of hydrogen-bond acceptors (Lipinski definition) is 7. The average Bonchev–Trinajstić information content (AvgIpc) is 3.34. The fourth-order valence-corrected chi connectivity index (χ4v) is 3.66. The maximum atomic E-state index is 12.9. The lowest BCUT2D eigenvalue weighted by Crippen LogP contribution is -2.35. The van der Waals surface area contributed by atoms with E-state index in [1.807, 2.05) is 0 Å². The molecule has 9 heteroatoms. The smallest absolute Gasteiger partial charge is 0.337 e. The van der Waals surface area contributed by atoms with Gasteiger partial charge < -0.3 is 9.94 Å². The third-order valence-corrected chi connectivity index (χ3v) is 5.03. The Morgan fingerprint density at radius 1 is 1.12 bits per heavy atom. The van der Waals surface area contributed by atoms with E-state index in [0.717, 1.165) is 4.90 Å². The van der Waals surface area contributed by atoms with Crippen molar-refractivity contribution in [3.8, 4) is 0 Å². The van der Waals surface area contributed by atoms with Crippen LogP contribution in [0.5, 0.6) is 0 Å². The number of para-hydroxylation sites is 1. The summed E-state index contributed by atoms with van der Waals surface area (Å²) in [5.41, 5.74) is -0.403. The quantitative estimate of drug-likeness (QED) is 0.646. The van der Waals surface area contributed by atoms with E-state index in [4.69, 9.17) is 4.84 Å². The molecule has 0 saturated carbocycles. The third-order valence-electron chi connectivity index (χ3n) is 4.17. The highest BCUT2D eigenvalue weighted by atomic mass is 32.1. The number of carboxylic acids is 1. The summed E-state index contributed by atoms with van der Waals surface area (Å²) in [7, 11) is 0. The first-order valence-corrected chi connectivity index (χ1v) is 8.40. The molecule has 3 heterocycles. The van der Waals surface area contributed by atoms with Gasteiger partial charge in [-0.25, -0.2) is 9.69 Å². The van der Waals surface area contributed by atoms with Gasteiger partial charge in [0.25, 0.3) is 5.91 Å². The first kappa shape index (κ1) is 16.2. The number of aromatic carboxylic acids is 1. The highest BCUT2D eigenvalue weighted by Crippen LogP contribution is 2.35. The van der Waals surface area contributed by atoms with Crippen LogP contribution in [0.2, 0.25) is 0 Å². The highest BCUT2D eigenvalue weighted by molar-refractivity contribution is 7.13. The van der Waals surface area contributed by atoms with Crippen molar-refractivity contribution in [3.05, 3.63) is 52.2 Å². The fourth-order valence-electron chi connectivity index (χ4n) is 2.99. The number of carbonyl (C=O) groups excluding carboxylic acids is 3. The highest BCUT2D eigenvalue weighted by Gasteiger charge is 2.58. The number of thiophene rings is 1. The zero-order valence-electron chi connectivity index (χ0n) is 13.0. The number of anilines is 1. The summed E-state index contributed by atoms with van der Waals surface area (Å²) in [6.07, 6.45) is -1.26. The number of amides is 2. The number of benzene rings is 1. The van der Waals surface area contributed by atoms with Crippen LogP contribution in [0.25, 0.3) is 0 Å². The van der Waals surface area contributed by atoms with Crippen molar-refractivity contribution in [1.29, 1.82) is 0 Å². The molecule has 0 spiro atoms. The molecule has 130 valence electrons. The third kappa shape index (κ3) is 2.25. The number of imide groups is 1. The Bertz CT molecular complexity index is 981. The molecule has 1 N–H and O–H groups in total. The van der Waals surface area contributed by atoms with Crippen LogP contribution in [-0.4, -0.2) is 40.5 Å². The number of rotatable bonds is 4. The Hall–Kier alpha value is -3.33. The summed E-state index contributed by atoms with van der Waals surface area (Å²) in [6.45, 7) is 0. The molecule has 1 saturated heterocycles. The SMILES string of the molecule is O=C(C1=NO[C@H]2C(=O)N(c3ccccc3C(=O)O)C(=O)[C@H]12)c1cccs1. The van der Waals surface area contributed by atoms with Gasteiger partial charge in [-0.2, -0.15) is 0 Å². The first-order chi connectivity index (χ1) is 12.5. The molecule has 1 fully saturated rings. The van der Waals surface area contributed by atoms with Crippen molar-refractivity contribution in [2.24, 2.45) is 11.1 Å². The van der Waals surface area contributed by atoms with Crippen LogP contribution in [0.4, 0.5) is 5.69 Å². The van der Waals surface area contributed by atoms with Crippen LogP contribution < -0.4 is 4.90 Å². The van der Waals surface area contributed by atoms with E-state index >= 15 is 0 Å². The van der Waals surface area contributed by atoms with Crippen molar-refractivity contribution in [1.82, 2.24) is 0 Å². The van der Waals surface area contributed by atoms with Crippen LogP contribution in [0.3, 0.4) is 0 Å². The second-order valence-electron chi connectivity index (χ2n) is 5.62. The van der Waals surface area contributed by atoms with E-state index < -0.39 is 35.6 Å². The van der Waals surface area contributed by atoms with Gasteiger partial charge in [-0.1, -0.05) is 23.4 Å². The van der Waals surface area contributed by atoms with Crippen molar-refractivity contribution in [2.45, 2.75) is 6.10 Å². The van der Waals surface area contributed by atoms with Crippen LogP contribution in [0.15, 0.2) is 46.9 Å². The molecule has 8 nitrogen and oxygen atoms in total. The Morgan fingerprint density at radius 3 is 2.58 bits per heavy atom. The van der Waals surface area contributed by atoms with E-state index in [9.17, 15) is 24.3 Å². The van der Waals surface area contributed by atoms with Crippen molar-refractivity contribution < 1.29 is 29.1 Å². The molecule has 2 aliphatic heterocycles. The number of ketones is 1. The fraction of sp³-hybridized carbons (Fsp3) is 0.118. The molecule has 0 bridgehead atoms. The van der Waals surface area contributed by atoms with E-state index in [1.165, 1.54) is 35.6 Å². The minimum atomic E-state index is -1.28. The van der Waals surface area contributed by atoms with E-state index in [-0.39, 0.29) is 17.0 Å². The number of fused-ring (bicyclic) bond motifs is 1. The number of carboxylic acid groups (broad SMARTS) is 1. The van der Waals surface area contributed by atoms with Gasteiger partial charge in [0, 0.05) is 0 Å². The van der Waals surface area contributed by atoms with Crippen molar-refractivity contribution >= 4 is 46.3 Å². The Labute approximate surface area is 150 Å². The molecule has 1 aromatic carbocycles. The molecule has 0 radical (unpaired) electrons. The Kier molecular flexibility index (Phi) is 3.66. The summed E-state index contributed by atoms with van der Waals surface area (Å²) < 4.78 is 0. The number of Topliss-reactive ketones (excluding diaryl/α,β-unsaturated/α-hetero) is 1. The average molecular weight is 370 g/mol. The molecular weight excluding hydrogens is 360 g/mol. The second kappa shape index (κ2) is 5.88. The lowest BCUT2D eigenvalue weighted by molar-refractivity contribution is -0.126. The van der Waals surface area contributed by atoms with E-state index in [2.05, 4.69) is 5.16 Å². The van der Waals surface area contributed by atoms with Crippen LogP contribution in [0.1, 0.15) is 20.0 Å². The predicted molar refractivity (Wildman–Crippen MR) is 90.3 cm³/mol. The van der Waals surface area contributed by atoms with Crippen LogP contribution in [-0.2, 0) is 14.4 Å². The molecule has 0 unspecified atom stereocenters. The zero-order valence-corrected chi connectivity index (χ0v) is 13.8.